The van der Waals surface area contributed by atoms with Crippen LogP contribution in [0.5, 0.6) is 17.2 Å². The first-order chi connectivity index (χ1) is 42.3. The highest BCUT2D eigenvalue weighted by Crippen LogP contribution is 2.58. The van der Waals surface area contributed by atoms with Crippen LogP contribution in [0.2, 0.25) is 0 Å². The van der Waals surface area contributed by atoms with E-state index in [1.54, 1.807) is 25.3 Å². The lowest BCUT2D eigenvalue weighted by molar-refractivity contribution is -0.385. The van der Waals surface area contributed by atoms with Crippen molar-refractivity contribution in [2.45, 2.75) is 193 Å². The summed E-state index contributed by atoms with van der Waals surface area (Å²) in [7, 11) is 1.54. The van der Waals surface area contributed by atoms with Crippen molar-refractivity contribution in [1.29, 1.82) is 0 Å². The molecule has 466 valence electrons. The first-order valence-electron chi connectivity index (χ1n) is 33.1. The van der Waals surface area contributed by atoms with Gasteiger partial charge < -0.3 is 24.0 Å². The molecule has 0 saturated heterocycles. The molecule has 0 amide bonds. The lowest BCUT2D eigenvalue weighted by atomic mass is 9.72. The largest absolute Gasteiger partial charge is 0.493 e. The maximum Gasteiger partial charge on any atom is 0.274 e. The highest BCUT2D eigenvalue weighted by Gasteiger charge is 2.60. The van der Waals surface area contributed by atoms with Crippen LogP contribution in [0.15, 0.2) is 146 Å². The number of benzene rings is 6. The number of nitrogens with zero attached hydrogens (tertiary/aromatic N) is 4. The van der Waals surface area contributed by atoms with E-state index < -0.39 is 16.9 Å². The molecule has 88 heavy (non-hydrogen) atoms. The van der Waals surface area contributed by atoms with E-state index in [0.717, 1.165) is 62.1 Å². The molecule has 11 heteroatoms. The van der Waals surface area contributed by atoms with E-state index in [-0.39, 0.29) is 26.6 Å². The Kier molecular flexibility index (Phi) is 19.6. The Bertz CT molecular complexity index is 3450. The van der Waals surface area contributed by atoms with Crippen LogP contribution in [0.25, 0.3) is 12.2 Å². The van der Waals surface area contributed by atoms with Gasteiger partial charge in [-0.15, -0.1) is 0 Å². The number of hydrogen-bond acceptors (Lipinski definition) is 9. The number of nitro groups is 2. The number of fused-ring (bicyclic) bond motifs is 4. The van der Waals surface area contributed by atoms with E-state index >= 15 is 0 Å². The van der Waals surface area contributed by atoms with Gasteiger partial charge in [0.2, 0.25) is 11.4 Å². The molecule has 4 aliphatic rings. The molecule has 0 bridgehead atoms. The van der Waals surface area contributed by atoms with E-state index in [1.165, 1.54) is 104 Å². The van der Waals surface area contributed by atoms with Crippen LogP contribution in [-0.2, 0) is 10.8 Å². The molecule has 0 radical (unpaired) electrons. The summed E-state index contributed by atoms with van der Waals surface area (Å²) in [5.41, 5.74) is 7.71. The fourth-order valence-electron chi connectivity index (χ4n) is 15.6. The van der Waals surface area contributed by atoms with Crippen molar-refractivity contribution >= 4 is 34.9 Å². The van der Waals surface area contributed by atoms with E-state index in [9.17, 15) is 20.2 Å². The fourth-order valence-corrected chi connectivity index (χ4v) is 15.6. The second-order valence-corrected chi connectivity index (χ2v) is 27.7. The first-order valence-corrected chi connectivity index (χ1v) is 33.1. The highest BCUT2D eigenvalue weighted by molar-refractivity contribution is 5.76. The normalized spacial score (nSPS) is 19.6. The van der Waals surface area contributed by atoms with Gasteiger partial charge in [0, 0.05) is 53.8 Å². The third-order valence-corrected chi connectivity index (χ3v) is 20.9. The van der Waals surface area contributed by atoms with Gasteiger partial charge in [0.1, 0.15) is 5.75 Å². The van der Waals surface area contributed by atoms with Crippen molar-refractivity contribution in [2.24, 2.45) is 23.7 Å². The Morgan fingerprint density at radius 2 is 0.898 bits per heavy atom. The van der Waals surface area contributed by atoms with Gasteiger partial charge in [0.05, 0.1) is 33.9 Å². The smallest absolute Gasteiger partial charge is 0.274 e. The van der Waals surface area contributed by atoms with E-state index in [1.807, 2.05) is 19.1 Å². The van der Waals surface area contributed by atoms with Crippen LogP contribution < -0.4 is 24.0 Å². The molecular weight excluding hydrogens is 1090 g/mol. The fraction of sp³-hybridized carbons (Fsp3) is 0.481. The summed E-state index contributed by atoms with van der Waals surface area (Å²) in [5, 5.41) is 23.6. The molecule has 0 saturated carbocycles. The molecule has 10 rings (SSSR count). The number of non-ortho nitro benzene ring substituents is 2. The van der Waals surface area contributed by atoms with Crippen molar-refractivity contribution in [3.05, 3.63) is 205 Å². The number of anilines is 2. The lowest BCUT2D eigenvalue weighted by Gasteiger charge is -2.47. The molecule has 0 aromatic heterocycles. The summed E-state index contributed by atoms with van der Waals surface area (Å²) < 4.78 is 19.9. The van der Waals surface area contributed by atoms with Gasteiger partial charge in [0.25, 0.3) is 11.4 Å². The van der Waals surface area contributed by atoms with Crippen LogP contribution >= 0.6 is 0 Å². The SMILES string of the molecule is COc1cc([N+](=O)[O-])cc2c1OC1(C=C2)N(CCCCCCCC(CC(CC(CC(CCCCCCCN2c3ccccc3C(C)(C)C23C=Cc2cc([N+](=O)[O-])cc(C)c2O3)C(C)C)c2ccccc2)c2ccccc2)C(C)C)c2ccccc2C1(C)C. The lowest BCUT2D eigenvalue weighted by Crippen LogP contribution is -2.59. The van der Waals surface area contributed by atoms with Gasteiger partial charge in [-0.2, -0.15) is 0 Å². The Hall–Kier alpha value is -7.40. The first kappa shape index (κ1) is 63.6. The molecule has 11 nitrogen and oxygen atoms in total. The monoisotopic (exact) mass is 1190 g/mol. The molecule has 6 unspecified atom stereocenters. The highest BCUT2D eigenvalue weighted by atomic mass is 16.6. The molecule has 2 spiro atoms. The predicted molar refractivity (Wildman–Crippen MR) is 360 cm³/mol. The van der Waals surface area contributed by atoms with Crippen molar-refractivity contribution in [2.75, 3.05) is 30.0 Å². The average molecular weight is 1190 g/mol. The zero-order chi connectivity index (χ0) is 62.4. The van der Waals surface area contributed by atoms with Gasteiger partial charge in [-0.05, 0) is 166 Å². The van der Waals surface area contributed by atoms with Crippen molar-refractivity contribution in [3.8, 4) is 17.2 Å². The maximum absolute atomic E-state index is 11.8. The Morgan fingerprint density at radius 3 is 1.34 bits per heavy atom. The summed E-state index contributed by atoms with van der Waals surface area (Å²) in [4.78, 5) is 27.8. The van der Waals surface area contributed by atoms with E-state index in [0.29, 0.717) is 52.6 Å². The molecule has 6 atom stereocenters. The molecular formula is C77H96N4O7. The number of unbranched alkanes of at least 4 members (excludes halogenated alkanes) is 8. The molecule has 4 heterocycles. The number of hydrogen-bond donors (Lipinski definition) is 0. The summed E-state index contributed by atoms with van der Waals surface area (Å²) in [6.07, 6.45) is 25.9. The van der Waals surface area contributed by atoms with Gasteiger partial charge in [-0.3, -0.25) is 20.2 Å². The van der Waals surface area contributed by atoms with Gasteiger partial charge >= 0.3 is 0 Å². The Labute approximate surface area is 524 Å². The third-order valence-electron chi connectivity index (χ3n) is 20.9. The number of ether oxygens (including phenoxy) is 3. The van der Waals surface area contributed by atoms with Crippen molar-refractivity contribution in [3.63, 3.8) is 0 Å². The summed E-state index contributed by atoms with van der Waals surface area (Å²) in [6.45, 7) is 22.4. The standard InChI is InChI=1S/C77H96N4O7/c1-54(2)59(35-19-13-11-15-29-45-78-69-39-27-25-37-67(69)74(6,7)76(78)43-41-61-51-65(80(82)83)47-56(5)72(61)87-76)48-63(57-31-21-17-22-32-57)50-64(58-33-23-18-24-34-58)49-60(55(3)4)36-20-14-12-16-30-46-79-70-40-28-26-38-68(70)75(8,9)77(79)44-42-62-52-66(81(84)85)53-71(86-10)73(62)88-77/h17-18,21-28,31-34,37-44,47,51-55,59-60,63-64H,11-16,19-20,29-30,35-36,45-46,48-50H2,1-10H3. The second-order valence-electron chi connectivity index (χ2n) is 27.7. The Balaban J connectivity index is 0.737. The quantitative estimate of drug-likeness (QED) is 0.0257. The average Bonchev–Trinajstić information content (AvgIpc) is 1.55. The van der Waals surface area contributed by atoms with E-state index in [2.05, 4.69) is 187 Å². The van der Waals surface area contributed by atoms with E-state index in [4.69, 9.17) is 14.2 Å². The minimum Gasteiger partial charge on any atom is -0.493 e. The van der Waals surface area contributed by atoms with Gasteiger partial charge in [-0.25, -0.2) is 0 Å². The number of nitro benzene ring substituents is 2. The summed E-state index contributed by atoms with van der Waals surface area (Å²) in [5.74, 6) is 5.00. The third kappa shape index (κ3) is 12.8. The molecule has 0 aliphatic carbocycles. The minimum absolute atomic E-state index is 0.0198. The van der Waals surface area contributed by atoms with Gasteiger partial charge in [0.15, 0.2) is 11.5 Å². The summed E-state index contributed by atoms with van der Waals surface area (Å²) in [6, 6.07) is 46.5. The zero-order valence-electron chi connectivity index (χ0n) is 54.1. The molecule has 0 fully saturated rings. The van der Waals surface area contributed by atoms with Crippen LogP contribution in [-0.4, -0.2) is 41.5 Å². The van der Waals surface area contributed by atoms with Crippen LogP contribution in [0, 0.1) is 50.8 Å². The number of para-hydroxylation sites is 2. The molecule has 4 aliphatic heterocycles. The van der Waals surface area contributed by atoms with Crippen molar-refractivity contribution in [1.82, 2.24) is 0 Å². The maximum atomic E-state index is 11.8. The molecule has 6 aromatic carbocycles. The van der Waals surface area contributed by atoms with Crippen LogP contribution in [0.1, 0.15) is 202 Å². The predicted octanol–water partition coefficient (Wildman–Crippen LogP) is 20.3. The molecule has 0 N–H and O–H groups in total. The van der Waals surface area contributed by atoms with Crippen LogP contribution in [0.3, 0.4) is 0 Å². The second kappa shape index (κ2) is 27.1. The van der Waals surface area contributed by atoms with Crippen LogP contribution in [0.4, 0.5) is 22.7 Å². The topological polar surface area (TPSA) is 120 Å². The van der Waals surface area contributed by atoms with Crippen molar-refractivity contribution < 1.29 is 24.1 Å². The van der Waals surface area contributed by atoms with Gasteiger partial charge in [-0.1, -0.05) is 189 Å². The number of aryl methyl sites for hydroxylation is 1. The molecule has 6 aromatic rings. The number of methoxy groups -OCH3 is 1. The summed E-state index contributed by atoms with van der Waals surface area (Å²) >= 11 is 0. The zero-order valence-corrected chi connectivity index (χ0v) is 54.1. The Morgan fingerprint density at radius 1 is 0.500 bits per heavy atom. The minimum atomic E-state index is -0.825. The number of rotatable bonds is 29.